The maximum atomic E-state index is 5.65. The molecule has 0 saturated heterocycles. The molecular weight excluding hydrogens is 242 g/mol. The fourth-order valence-corrected chi connectivity index (χ4v) is 1.84. The van der Waals surface area contributed by atoms with Gasteiger partial charge >= 0.3 is 0 Å². The summed E-state index contributed by atoms with van der Waals surface area (Å²) in [5.74, 6) is 0.841. The summed E-state index contributed by atoms with van der Waals surface area (Å²) in [4.78, 5) is 19.4. The average molecular weight is 255 g/mol. The lowest BCUT2D eigenvalue weighted by Gasteiger charge is -2.08. The molecular formula is C12H13N7. The number of nitrogen functional groups attached to an aromatic ring is 1. The molecule has 0 unspecified atom stereocenters. The Balaban J connectivity index is 1.90. The number of aromatic nitrogens is 5. The average Bonchev–Trinajstić information content (AvgIpc) is 2.85. The molecule has 4 N–H and O–H groups in total. The Kier molecular flexibility index (Phi) is 2.71. The quantitative estimate of drug-likeness (QED) is 0.650. The van der Waals surface area contributed by atoms with Crippen LogP contribution in [0, 0.1) is 6.92 Å². The monoisotopic (exact) mass is 255 g/mol. The first-order valence-corrected chi connectivity index (χ1v) is 5.84. The standard InChI is InChI=1S/C12H13N7/c1-7-2-3-14-4-8(7)5-15-10-9-11(17-6-16-9)19-12(13)18-10/h2-4,6H,5H2,1H3,(H4,13,15,16,17,18,19). The molecule has 3 heterocycles. The predicted molar refractivity (Wildman–Crippen MR) is 72.4 cm³/mol. The van der Waals surface area contributed by atoms with E-state index in [9.17, 15) is 0 Å². The Labute approximate surface area is 109 Å². The molecule has 7 heteroatoms. The normalized spacial score (nSPS) is 10.8. The van der Waals surface area contributed by atoms with Crippen LogP contribution in [0.3, 0.4) is 0 Å². The number of aromatic amines is 1. The fraction of sp³-hybridized carbons (Fsp3) is 0.167. The van der Waals surface area contributed by atoms with Crippen molar-refractivity contribution in [3.63, 3.8) is 0 Å². The number of anilines is 2. The molecule has 7 nitrogen and oxygen atoms in total. The van der Waals surface area contributed by atoms with Crippen LogP contribution in [0.2, 0.25) is 0 Å². The Morgan fingerprint density at radius 3 is 3.11 bits per heavy atom. The lowest BCUT2D eigenvalue weighted by Crippen LogP contribution is -2.06. The van der Waals surface area contributed by atoms with E-state index >= 15 is 0 Å². The lowest BCUT2D eigenvalue weighted by molar-refractivity contribution is 1.06. The Morgan fingerprint density at radius 2 is 2.26 bits per heavy atom. The topological polar surface area (TPSA) is 105 Å². The summed E-state index contributed by atoms with van der Waals surface area (Å²) in [5.41, 5.74) is 9.23. The third kappa shape index (κ3) is 2.17. The van der Waals surface area contributed by atoms with Gasteiger partial charge < -0.3 is 16.0 Å². The van der Waals surface area contributed by atoms with Crippen LogP contribution in [-0.4, -0.2) is 24.9 Å². The van der Waals surface area contributed by atoms with Crippen molar-refractivity contribution in [1.29, 1.82) is 0 Å². The van der Waals surface area contributed by atoms with Crippen molar-refractivity contribution >= 4 is 22.9 Å². The van der Waals surface area contributed by atoms with Crippen molar-refractivity contribution in [1.82, 2.24) is 24.9 Å². The predicted octanol–water partition coefficient (Wildman–Crippen LogP) is 1.25. The van der Waals surface area contributed by atoms with E-state index in [2.05, 4.69) is 30.2 Å². The van der Waals surface area contributed by atoms with Gasteiger partial charge in [-0.25, -0.2) is 4.98 Å². The number of imidazole rings is 1. The van der Waals surface area contributed by atoms with Crippen LogP contribution in [0.15, 0.2) is 24.8 Å². The van der Waals surface area contributed by atoms with E-state index in [1.165, 1.54) is 5.56 Å². The molecule has 3 aromatic heterocycles. The van der Waals surface area contributed by atoms with Gasteiger partial charge in [-0.15, -0.1) is 0 Å². The minimum Gasteiger partial charge on any atom is -0.368 e. The van der Waals surface area contributed by atoms with Gasteiger partial charge in [-0.1, -0.05) is 0 Å². The van der Waals surface area contributed by atoms with Gasteiger partial charge in [-0.3, -0.25) is 4.98 Å². The summed E-state index contributed by atoms with van der Waals surface area (Å²) in [5, 5.41) is 3.23. The van der Waals surface area contributed by atoms with Gasteiger partial charge in [-0.2, -0.15) is 9.97 Å². The molecule has 96 valence electrons. The number of pyridine rings is 1. The number of nitrogens with two attached hydrogens (primary N) is 1. The first kappa shape index (κ1) is 11.4. The first-order valence-electron chi connectivity index (χ1n) is 5.84. The molecule has 0 saturated carbocycles. The maximum absolute atomic E-state index is 5.65. The molecule has 0 aromatic carbocycles. The van der Waals surface area contributed by atoms with Gasteiger partial charge in [0.05, 0.1) is 6.33 Å². The number of hydrogen-bond acceptors (Lipinski definition) is 6. The van der Waals surface area contributed by atoms with E-state index in [1.54, 1.807) is 12.5 Å². The minimum atomic E-state index is 0.199. The molecule has 0 fully saturated rings. The van der Waals surface area contributed by atoms with Crippen LogP contribution in [0.1, 0.15) is 11.1 Å². The molecule has 0 amide bonds. The zero-order valence-corrected chi connectivity index (χ0v) is 10.4. The van der Waals surface area contributed by atoms with Gasteiger partial charge in [0, 0.05) is 18.9 Å². The zero-order chi connectivity index (χ0) is 13.2. The van der Waals surface area contributed by atoms with E-state index in [4.69, 9.17) is 5.73 Å². The minimum absolute atomic E-state index is 0.199. The second kappa shape index (κ2) is 4.52. The summed E-state index contributed by atoms with van der Waals surface area (Å²) in [6.07, 6.45) is 5.17. The molecule has 0 atom stereocenters. The first-order chi connectivity index (χ1) is 9.24. The van der Waals surface area contributed by atoms with Crippen LogP contribution in [-0.2, 0) is 6.54 Å². The van der Waals surface area contributed by atoms with Gasteiger partial charge in [0.2, 0.25) is 5.95 Å². The van der Waals surface area contributed by atoms with Crippen molar-refractivity contribution in [3.8, 4) is 0 Å². The second-order valence-electron chi connectivity index (χ2n) is 4.19. The Bertz CT molecular complexity index is 719. The molecule has 19 heavy (non-hydrogen) atoms. The number of nitrogens with zero attached hydrogens (tertiary/aromatic N) is 4. The van der Waals surface area contributed by atoms with Crippen molar-refractivity contribution in [3.05, 3.63) is 35.9 Å². The highest BCUT2D eigenvalue weighted by atomic mass is 15.1. The Hall–Kier alpha value is -2.70. The van der Waals surface area contributed by atoms with Crippen LogP contribution in [0.25, 0.3) is 11.2 Å². The molecule has 0 aliphatic heterocycles. The van der Waals surface area contributed by atoms with Gasteiger partial charge in [-0.05, 0) is 24.1 Å². The Morgan fingerprint density at radius 1 is 1.37 bits per heavy atom. The van der Waals surface area contributed by atoms with E-state index in [0.29, 0.717) is 18.0 Å². The van der Waals surface area contributed by atoms with Crippen molar-refractivity contribution in [2.24, 2.45) is 0 Å². The molecule has 3 aromatic rings. The largest absolute Gasteiger partial charge is 0.368 e. The van der Waals surface area contributed by atoms with Crippen LogP contribution < -0.4 is 11.1 Å². The fourth-order valence-electron chi connectivity index (χ4n) is 1.84. The summed E-state index contributed by atoms with van der Waals surface area (Å²) in [6.45, 7) is 2.66. The van der Waals surface area contributed by atoms with Crippen LogP contribution in [0.5, 0.6) is 0 Å². The summed E-state index contributed by atoms with van der Waals surface area (Å²) in [6, 6.07) is 1.97. The molecule has 0 bridgehead atoms. The molecule has 0 radical (unpaired) electrons. The van der Waals surface area contributed by atoms with Gasteiger partial charge in [0.1, 0.15) is 5.52 Å². The van der Waals surface area contributed by atoms with Crippen molar-refractivity contribution in [2.45, 2.75) is 13.5 Å². The smallest absolute Gasteiger partial charge is 0.224 e. The number of nitrogens with one attached hydrogen (secondary N) is 2. The van der Waals surface area contributed by atoms with Crippen LogP contribution in [0.4, 0.5) is 11.8 Å². The molecule has 0 aliphatic carbocycles. The number of H-pyrrole nitrogens is 1. The third-order valence-electron chi connectivity index (χ3n) is 2.90. The molecule has 0 aliphatic rings. The number of aryl methyl sites for hydroxylation is 1. The SMILES string of the molecule is Cc1ccncc1CNc1nc(N)nc2nc[nH]c12. The summed E-state index contributed by atoms with van der Waals surface area (Å²) < 4.78 is 0. The summed E-state index contributed by atoms with van der Waals surface area (Å²) >= 11 is 0. The van der Waals surface area contributed by atoms with Crippen LogP contribution >= 0.6 is 0 Å². The highest BCUT2D eigenvalue weighted by Crippen LogP contribution is 2.18. The van der Waals surface area contributed by atoms with E-state index in [1.807, 2.05) is 19.2 Å². The van der Waals surface area contributed by atoms with Gasteiger partial charge in [0.25, 0.3) is 0 Å². The van der Waals surface area contributed by atoms with E-state index in [0.717, 1.165) is 11.1 Å². The van der Waals surface area contributed by atoms with Crippen molar-refractivity contribution in [2.75, 3.05) is 11.1 Å². The third-order valence-corrected chi connectivity index (χ3v) is 2.90. The lowest BCUT2D eigenvalue weighted by atomic mass is 10.1. The van der Waals surface area contributed by atoms with E-state index in [-0.39, 0.29) is 5.95 Å². The zero-order valence-electron chi connectivity index (χ0n) is 10.4. The van der Waals surface area contributed by atoms with Gasteiger partial charge in [0.15, 0.2) is 11.5 Å². The second-order valence-corrected chi connectivity index (χ2v) is 4.19. The molecule has 3 rings (SSSR count). The highest BCUT2D eigenvalue weighted by molar-refractivity contribution is 5.83. The molecule has 0 spiro atoms. The number of hydrogen-bond donors (Lipinski definition) is 3. The maximum Gasteiger partial charge on any atom is 0.224 e. The summed E-state index contributed by atoms with van der Waals surface area (Å²) in [7, 11) is 0. The number of fused-ring (bicyclic) bond motifs is 1. The number of rotatable bonds is 3. The highest BCUT2D eigenvalue weighted by Gasteiger charge is 2.08. The van der Waals surface area contributed by atoms with E-state index < -0.39 is 0 Å². The van der Waals surface area contributed by atoms with Crippen molar-refractivity contribution < 1.29 is 0 Å².